The van der Waals surface area contributed by atoms with Crippen LogP contribution in [-0.4, -0.2) is 87.9 Å². The molecule has 0 saturated carbocycles. The molecule has 23 heavy (non-hydrogen) atoms. The second-order valence-electron chi connectivity index (χ2n) is 6.00. The number of hydrogen-bond acceptors (Lipinski definition) is 2. The van der Waals surface area contributed by atoms with Gasteiger partial charge in [0.15, 0.2) is 8.22 Å². The predicted molar refractivity (Wildman–Crippen MR) is 103 cm³/mol. The molecule has 0 aliphatic heterocycles. The third-order valence-corrected chi connectivity index (χ3v) is 4.45. The summed E-state index contributed by atoms with van der Waals surface area (Å²) in [5, 5.41) is 1.13. The van der Waals surface area contributed by atoms with Crippen molar-refractivity contribution in [1.29, 1.82) is 0 Å². The molecular weight excluding hydrogens is 307 g/mol. The molecule has 0 radical (unpaired) electrons. The number of nitrogens with zero attached hydrogens (tertiary/aromatic N) is 6. The summed E-state index contributed by atoms with van der Waals surface area (Å²) in [6.07, 6.45) is 0. The second kappa shape index (κ2) is 8.73. The van der Waals surface area contributed by atoms with Gasteiger partial charge in [0.05, 0.1) is 0 Å². The van der Waals surface area contributed by atoms with Crippen molar-refractivity contribution in [3.05, 3.63) is 30.3 Å². The molecule has 0 aromatic heterocycles. The molecule has 128 valence electrons. The van der Waals surface area contributed by atoms with Crippen LogP contribution in [0.5, 0.6) is 0 Å². The zero-order chi connectivity index (χ0) is 17.6. The molecule has 6 nitrogen and oxygen atoms in total. The first-order valence-electron chi connectivity index (χ1n) is 7.45. The summed E-state index contributed by atoms with van der Waals surface area (Å²) in [7, 11) is 14.9. The average Bonchev–Trinajstić information content (AvgIpc) is 2.46. The van der Waals surface area contributed by atoms with E-state index in [0.29, 0.717) is 0 Å². The van der Waals surface area contributed by atoms with E-state index < -0.39 is 8.22 Å². The monoisotopic (exact) mass is 336 g/mol. The van der Waals surface area contributed by atoms with Crippen molar-refractivity contribution in [3.8, 4) is 0 Å². The van der Waals surface area contributed by atoms with Crippen LogP contribution in [0.1, 0.15) is 0 Å². The summed E-state index contributed by atoms with van der Waals surface area (Å²) in [5.41, 5.74) is 0. The van der Waals surface area contributed by atoms with Gasteiger partial charge in [0.2, 0.25) is 11.9 Å². The van der Waals surface area contributed by atoms with Gasteiger partial charge in [-0.05, 0) is 0 Å². The fourth-order valence-electron chi connectivity index (χ4n) is 2.03. The Bertz CT molecular complexity index is 487. The fraction of sp³-hybridized carbons (Fsp3) is 0.500. The van der Waals surface area contributed by atoms with Crippen molar-refractivity contribution >= 4 is 25.4 Å². The highest BCUT2D eigenvalue weighted by atomic mass is 31.1. The summed E-state index contributed by atoms with van der Waals surface area (Å²) in [5.74, 6) is 1.81. The standard InChI is InChI=1S/C16H29N6P/c1-19(2)15(20(3)4)17-23(14-12-10-9-11-13-14)18-16(21(5)6)22(7)8/h9-13H,1-8H3. The van der Waals surface area contributed by atoms with Gasteiger partial charge in [-0.15, -0.1) is 0 Å². The third-order valence-electron chi connectivity index (χ3n) is 2.96. The van der Waals surface area contributed by atoms with Crippen molar-refractivity contribution in [2.45, 2.75) is 0 Å². The molecule has 0 saturated heterocycles. The quantitative estimate of drug-likeness (QED) is 0.477. The van der Waals surface area contributed by atoms with Gasteiger partial charge < -0.3 is 19.6 Å². The predicted octanol–water partition coefficient (Wildman–Crippen LogP) is 1.58. The molecule has 0 aliphatic carbocycles. The first-order chi connectivity index (χ1) is 10.7. The number of guanidine groups is 2. The van der Waals surface area contributed by atoms with Crippen LogP contribution in [0.4, 0.5) is 0 Å². The van der Waals surface area contributed by atoms with Crippen molar-refractivity contribution in [2.75, 3.05) is 56.4 Å². The third kappa shape index (κ3) is 5.71. The molecule has 0 fully saturated rings. The Morgan fingerprint density at radius 3 is 1.30 bits per heavy atom. The van der Waals surface area contributed by atoms with Crippen LogP contribution >= 0.6 is 8.22 Å². The van der Waals surface area contributed by atoms with Gasteiger partial charge in [0, 0.05) is 61.7 Å². The Balaban J connectivity index is 3.39. The second-order valence-corrected chi connectivity index (χ2v) is 7.50. The molecule has 1 aromatic rings. The highest BCUT2D eigenvalue weighted by Gasteiger charge is 2.16. The van der Waals surface area contributed by atoms with Crippen molar-refractivity contribution < 1.29 is 0 Å². The lowest BCUT2D eigenvalue weighted by molar-refractivity contribution is 0.484. The molecule has 7 heteroatoms. The van der Waals surface area contributed by atoms with Crippen molar-refractivity contribution in [2.24, 2.45) is 9.53 Å². The average molecular weight is 336 g/mol. The molecular formula is C16H29N6P. The van der Waals surface area contributed by atoms with E-state index in [4.69, 9.17) is 9.53 Å². The van der Waals surface area contributed by atoms with E-state index >= 15 is 0 Å². The summed E-state index contributed by atoms with van der Waals surface area (Å²) in [6, 6.07) is 10.3. The van der Waals surface area contributed by atoms with E-state index in [2.05, 4.69) is 12.1 Å². The molecule has 0 atom stereocenters. The molecule has 0 bridgehead atoms. The number of rotatable bonds is 3. The summed E-state index contributed by atoms with van der Waals surface area (Å²) in [6.45, 7) is 0. The fourth-order valence-corrected chi connectivity index (χ4v) is 3.80. The van der Waals surface area contributed by atoms with E-state index in [0.717, 1.165) is 17.2 Å². The van der Waals surface area contributed by atoms with Gasteiger partial charge in [-0.3, -0.25) is 0 Å². The van der Waals surface area contributed by atoms with Crippen molar-refractivity contribution in [3.63, 3.8) is 0 Å². The van der Waals surface area contributed by atoms with Gasteiger partial charge in [0.25, 0.3) is 0 Å². The van der Waals surface area contributed by atoms with Crippen LogP contribution in [-0.2, 0) is 0 Å². The Labute approximate surface area is 142 Å². The van der Waals surface area contributed by atoms with Crippen LogP contribution in [0.3, 0.4) is 0 Å². The number of benzene rings is 1. The van der Waals surface area contributed by atoms with E-state index in [1.807, 2.05) is 94.2 Å². The lowest BCUT2D eigenvalue weighted by Gasteiger charge is -2.26. The Kier molecular flexibility index (Phi) is 7.30. The van der Waals surface area contributed by atoms with Gasteiger partial charge in [-0.25, -0.2) is 0 Å². The van der Waals surface area contributed by atoms with E-state index in [1.165, 1.54) is 0 Å². The van der Waals surface area contributed by atoms with Crippen LogP contribution in [0.2, 0.25) is 0 Å². The van der Waals surface area contributed by atoms with E-state index in [-0.39, 0.29) is 0 Å². The topological polar surface area (TPSA) is 37.7 Å². The van der Waals surface area contributed by atoms with Gasteiger partial charge in [0.1, 0.15) is 0 Å². The maximum atomic E-state index is 4.94. The Morgan fingerprint density at radius 2 is 1.00 bits per heavy atom. The zero-order valence-corrected chi connectivity index (χ0v) is 16.4. The minimum atomic E-state index is -1.06. The summed E-state index contributed by atoms with van der Waals surface area (Å²) < 4.78 is 9.88. The zero-order valence-electron chi connectivity index (χ0n) is 15.5. The van der Waals surface area contributed by atoms with Crippen LogP contribution in [0.15, 0.2) is 39.9 Å². The Hall–Kier alpha value is -1.81. The summed E-state index contributed by atoms with van der Waals surface area (Å²) >= 11 is 0. The molecule has 0 unspecified atom stereocenters. The molecule has 0 spiro atoms. The van der Waals surface area contributed by atoms with E-state index in [9.17, 15) is 0 Å². The molecule has 0 aliphatic rings. The minimum absolute atomic E-state index is 0.903. The first-order valence-corrected chi connectivity index (χ1v) is 8.70. The van der Waals surface area contributed by atoms with Gasteiger partial charge >= 0.3 is 0 Å². The van der Waals surface area contributed by atoms with Crippen LogP contribution in [0.25, 0.3) is 0 Å². The van der Waals surface area contributed by atoms with Gasteiger partial charge in [-0.1, -0.05) is 30.3 Å². The van der Waals surface area contributed by atoms with Crippen LogP contribution < -0.4 is 5.30 Å². The summed E-state index contributed by atoms with van der Waals surface area (Å²) in [4.78, 5) is 8.05. The number of hydrogen-bond donors (Lipinski definition) is 0. The highest BCUT2D eigenvalue weighted by molar-refractivity contribution is 7.63. The lowest BCUT2D eigenvalue weighted by Crippen LogP contribution is -2.36. The minimum Gasteiger partial charge on any atom is -0.349 e. The Morgan fingerprint density at radius 1 is 0.652 bits per heavy atom. The molecule has 0 amide bonds. The molecule has 1 rings (SSSR count). The SMILES string of the molecule is CN(C)C(=NP(N=C(N(C)C)N(C)C)c1ccccc1)N(C)C. The van der Waals surface area contributed by atoms with Crippen LogP contribution in [0, 0.1) is 0 Å². The van der Waals surface area contributed by atoms with Crippen molar-refractivity contribution in [1.82, 2.24) is 19.6 Å². The maximum Gasteiger partial charge on any atom is 0.201 e. The smallest absolute Gasteiger partial charge is 0.201 e. The molecule has 0 N–H and O–H groups in total. The van der Waals surface area contributed by atoms with Gasteiger partial charge in [-0.2, -0.15) is 9.53 Å². The van der Waals surface area contributed by atoms with E-state index in [1.54, 1.807) is 0 Å². The molecule has 1 aromatic carbocycles. The largest absolute Gasteiger partial charge is 0.349 e. The highest BCUT2D eigenvalue weighted by Crippen LogP contribution is 2.39. The normalized spacial score (nSPS) is 10.1. The lowest BCUT2D eigenvalue weighted by atomic mass is 10.4. The first kappa shape index (κ1) is 19.2. The molecule has 0 heterocycles. The maximum absolute atomic E-state index is 4.94.